The first-order valence-corrected chi connectivity index (χ1v) is 7.86. The number of benzene rings is 2. The number of hydrogen-bond donors (Lipinski definition) is 0. The van der Waals surface area contributed by atoms with Crippen LogP contribution in [0.3, 0.4) is 0 Å². The van der Waals surface area contributed by atoms with Crippen molar-refractivity contribution >= 4 is 11.8 Å². The second kappa shape index (κ2) is 5.37. The second-order valence-corrected chi connectivity index (χ2v) is 6.14. The zero-order valence-corrected chi connectivity index (χ0v) is 13.2. The summed E-state index contributed by atoms with van der Waals surface area (Å²) in [6, 6.07) is 14.8. The number of hydrogen-bond acceptors (Lipinski definition) is 5. The topological polar surface area (TPSA) is 68.1 Å². The summed E-state index contributed by atoms with van der Waals surface area (Å²) >= 11 is 0. The van der Waals surface area contributed by atoms with Gasteiger partial charge in [-0.1, -0.05) is 42.5 Å². The van der Waals surface area contributed by atoms with E-state index in [1.165, 1.54) is 7.11 Å². The van der Waals surface area contributed by atoms with Crippen molar-refractivity contribution in [3.63, 3.8) is 0 Å². The van der Waals surface area contributed by atoms with Crippen LogP contribution in [0.2, 0.25) is 0 Å². The molecule has 1 heterocycles. The molecule has 0 saturated heterocycles. The minimum Gasteiger partial charge on any atom is -0.465 e. The van der Waals surface area contributed by atoms with Gasteiger partial charge in [0.15, 0.2) is 11.3 Å². The third kappa shape index (κ3) is 1.94. The lowest BCUT2D eigenvalue weighted by Crippen LogP contribution is -2.39. The predicted molar refractivity (Wildman–Crippen MR) is 87.5 cm³/mol. The molecule has 0 unspecified atom stereocenters. The summed E-state index contributed by atoms with van der Waals surface area (Å²) in [5, 5.41) is 8.56. The zero-order valence-electron chi connectivity index (χ0n) is 13.2. The molecule has 1 spiro atoms. The van der Waals surface area contributed by atoms with E-state index in [1.54, 1.807) is 12.1 Å². The summed E-state index contributed by atoms with van der Waals surface area (Å²) in [6.45, 7) is 0.397. The van der Waals surface area contributed by atoms with Crippen LogP contribution >= 0.6 is 0 Å². The molecule has 0 aromatic heterocycles. The largest absolute Gasteiger partial charge is 0.465 e. The standard InChI is InChI=1S/C19H16N2O3/c1-24-18(23)15-9-5-4-8-14(15)16-11-20-21-19(16)10-12-6-2-3-7-13(12)17(19)22/h2-9,16H,10-11H2,1H3/t16-,19-/m1/s1. The van der Waals surface area contributed by atoms with Gasteiger partial charge < -0.3 is 4.74 Å². The molecule has 5 nitrogen and oxygen atoms in total. The van der Waals surface area contributed by atoms with Crippen LogP contribution in [-0.4, -0.2) is 30.9 Å². The number of nitrogens with zero attached hydrogens (tertiary/aromatic N) is 2. The summed E-state index contributed by atoms with van der Waals surface area (Å²) < 4.78 is 4.89. The number of ketones is 1. The van der Waals surface area contributed by atoms with Gasteiger partial charge in [-0.15, -0.1) is 0 Å². The van der Waals surface area contributed by atoms with Gasteiger partial charge in [-0.2, -0.15) is 10.2 Å². The number of fused-ring (bicyclic) bond motifs is 1. The van der Waals surface area contributed by atoms with Crippen molar-refractivity contribution in [2.24, 2.45) is 10.2 Å². The van der Waals surface area contributed by atoms with Gasteiger partial charge in [0, 0.05) is 17.9 Å². The van der Waals surface area contributed by atoms with Crippen LogP contribution in [0.1, 0.15) is 37.8 Å². The van der Waals surface area contributed by atoms with Gasteiger partial charge in [-0.05, 0) is 17.2 Å². The smallest absolute Gasteiger partial charge is 0.338 e. The summed E-state index contributed by atoms with van der Waals surface area (Å²) in [5.74, 6) is -0.674. The highest BCUT2D eigenvalue weighted by molar-refractivity contribution is 6.09. The molecule has 24 heavy (non-hydrogen) atoms. The highest BCUT2D eigenvalue weighted by Gasteiger charge is 2.55. The fourth-order valence-corrected chi connectivity index (χ4v) is 3.78. The lowest BCUT2D eigenvalue weighted by molar-refractivity contribution is 0.0597. The molecular weight excluding hydrogens is 304 g/mol. The normalized spacial score (nSPS) is 24.4. The molecule has 2 aromatic carbocycles. The quantitative estimate of drug-likeness (QED) is 0.798. The monoisotopic (exact) mass is 320 g/mol. The Hall–Kier alpha value is -2.82. The fraction of sp³-hybridized carbons (Fsp3) is 0.263. The predicted octanol–water partition coefficient (Wildman–Crippen LogP) is 3.20. The van der Waals surface area contributed by atoms with Crippen LogP contribution in [0.15, 0.2) is 58.8 Å². The average Bonchev–Trinajstić information content (AvgIpc) is 3.17. The van der Waals surface area contributed by atoms with Crippen LogP contribution in [0.25, 0.3) is 0 Å². The van der Waals surface area contributed by atoms with Crippen molar-refractivity contribution in [3.05, 3.63) is 70.8 Å². The van der Waals surface area contributed by atoms with Crippen molar-refractivity contribution in [1.29, 1.82) is 0 Å². The maximum Gasteiger partial charge on any atom is 0.338 e. The van der Waals surface area contributed by atoms with Crippen LogP contribution in [0, 0.1) is 0 Å². The number of rotatable bonds is 2. The molecule has 2 atom stereocenters. The van der Waals surface area contributed by atoms with E-state index in [1.807, 2.05) is 36.4 Å². The van der Waals surface area contributed by atoms with Gasteiger partial charge in [0.05, 0.1) is 19.2 Å². The van der Waals surface area contributed by atoms with Gasteiger partial charge in [-0.25, -0.2) is 4.79 Å². The van der Waals surface area contributed by atoms with Crippen LogP contribution in [-0.2, 0) is 11.2 Å². The van der Waals surface area contributed by atoms with Crippen LogP contribution in [0.4, 0.5) is 0 Å². The van der Waals surface area contributed by atoms with E-state index in [0.29, 0.717) is 24.1 Å². The first kappa shape index (κ1) is 14.8. The molecule has 1 aliphatic carbocycles. The molecule has 0 fully saturated rings. The minimum absolute atomic E-state index is 0.0102. The lowest BCUT2D eigenvalue weighted by Gasteiger charge is -2.26. The Morgan fingerprint density at radius 1 is 1.17 bits per heavy atom. The minimum atomic E-state index is -0.937. The average molecular weight is 320 g/mol. The van der Waals surface area contributed by atoms with E-state index >= 15 is 0 Å². The molecule has 0 N–H and O–H groups in total. The highest BCUT2D eigenvalue weighted by Crippen LogP contribution is 2.47. The number of azo groups is 1. The van der Waals surface area contributed by atoms with Crippen LogP contribution < -0.4 is 0 Å². The zero-order chi connectivity index (χ0) is 16.7. The Balaban J connectivity index is 1.82. The Bertz CT molecular complexity index is 874. The van der Waals surface area contributed by atoms with E-state index in [-0.39, 0.29) is 11.7 Å². The molecule has 120 valence electrons. The molecular formula is C19H16N2O3. The van der Waals surface area contributed by atoms with Gasteiger partial charge in [0.25, 0.3) is 0 Å². The van der Waals surface area contributed by atoms with Gasteiger partial charge in [0.1, 0.15) is 0 Å². The van der Waals surface area contributed by atoms with Crippen molar-refractivity contribution < 1.29 is 14.3 Å². The Morgan fingerprint density at radius 3 is 2.71 bits per heavy atom. The van der Waals surface area contributed by atoms with E-state index < -0.39 is 11.5 Å². The number of carbonyl (C=O) groups excluding carboxylic acids is 2. The van der Waals surface area contributed by atoms with E-state index in [4.69, 9.17) is 4.74 Å². The lowest BCUT2D eigenvalue weighted by atomic mass is 9.76. The van der Waals surface area contributed by atoms with Gasteiger partial charge in [0.2, 0.25) is 0 Å². The number of methoxy groups -OCH3 is 1. The third-order valence-electron chi connectivity index (χ3n) is 4.95. The SMILES string of the molecule is COC(=O)c1ccccc1[C@H]1CN=N[C@]12Cc1ccccc1C2=O. The Labute approximate surface area is 139 Å². The molecule has 0 amide bonds. The van der Waals surface area contributed by atoms with E-state index in [0.717, 1.165) is 11.1 Å². The first-order chi connectivity index (χ1) is 11.7. The van der Waals surface area contributed by atoms with Crippen molar-refractivity contribution in [2.45, 2.75) is 17.9 Å². The summed E-state index contributed by atoms with van der Waals surface area (Å²) in [6.07, 6.45) is 0.520. The Kier molecular flexibility index (Phi) is 3.30. The first-order valence-electron chi connectivity index (χ1n) is 7.86. The van der Waals surface area contributed by atoms with E-state index in [2.05, 4.69) is 10.2 Å². The maximum absolute atomic E-state index is 13.1. The van der Waals surface area contributed by atoms with Crippen molar-refractivity contribution in [1.82, 2.24) is 0 Å². The second-order valence-electron chi connectivity index (χ2n) is 6.14. The molecule has 5 heteroatoms. The molecule has 0 bridgehead atoms. The number of carbonyl (C=O) groups is 2. The fourth-order valence-electron chi connectivity index (χ4n) is 3.78. The number of ether oxygens (including phenoxy) is 1. The van der Waals surface area contributed by atoms with Crippen LogP contribution in [0.5, 0.6) is 0 Å². The number of Topliss-reactive ketones (excluding diaryl/α,β-unsaturated/α-hetero) is 1. The highest BCUT2D eigenvalue weighted by atomic mass is 16.5. The summed E-state index contributed by atoms with van der Waals surface area (Å²) in [5.41, 5.74) is 2.01. The molecule has 2 aliphatic rings. The summed E-state index contributed by atoms with van der Waals surface area (Å²) in [4.78, 5) is 25.2. The van der Waals surface area contributed by atoms with E-state index in [9.17, 15) is 9.59 Å². The molecule has 0 saturated carbocycles. The molecule has 1 aliphatic heterocycles. The molecule has 0 radical (unpaired) electrons. The Morgan fingerprint density at radius 2 is 1.92 bits per heavy atom. The summed E-state index contributed by atoms with van der Waals surface area (Å²) in [7, 11) is 1.36. The van der Waals surface area contributed by atoms with Crippen molar-refractivity contribution in [3.8, 4) is 0 Å². The maximum atomic E-state index is 13.1. The van der Waals surface area contributed by atoms with Gasteiger partial charge >= 0.3 is 5.97 Å². The molecule has 4 rings (SSSR count). The van der Waals surface area contributed by atoms with Gasteiger partial charge in [-0.3, -0.25) is 4.79 Å². The third-order valence-corrected chi connectivity index (χ3v) is 4.95. The molecule has 2 aromatic rings. The van der Waals surface area contributed by atoms with Crippen molar-refractivity contribution in [2.75, 3.05) is 13.7 Å². The number of esters is 1.